The van der Waals surface area contributed by atoms with Crippen LogP contribution in [0.1, 0.15) is 164 Å². The van der Waals surface area contributed by atoms with Gasteiger partial charge < -0.3 is 61.8 Å². The van der Waals surface area contributed by atoms with Crippen molar-refractivity contribution >= 4 is 41.5 Å². The fourth-order valence-corrected chi connectivity index (χ4v) is 14.2. The number of urea groups is 1. The first-order valence-corrected chi connectivity index (χ1v) is 29.3. The third kappa shape index (κ3) is 18.1. The molecule has 1 unspecified atom stereocenters. The number of aliphatic carboxylic acids is 1. The van der Waals surface area contributed by atoms with Gasteiger partial charge in [-0.1, -0.05) is 92.7 Å². The van der Waals surface area contributed by atoms with Crippen LogP contribution >= 0.6 is 0 Å². The van der Waals surface area contributed by atoms with Crippen LogP contribution in [0.4, 0.5) is 4.79 Å². The molecule has 1 heterocycles. The number of aromatic hydroxyl groups is 1. The van der Waals surface area contributed by atoms with Crippen molar-refractivity contribution in [3.8, 4) is 5.75 Å². The number of hydrogen-bond donors (Lipinski definition) is 10. The average molecular weight is 1170 g/mol. The van der Waals surface area contributed by atoms with E-state index in [1.54, 1.807) is 38.1 Å². The number of fused-ring (bicyclic) bond motifs is 5. The number of aliphatic hydroxyl groups excluding tert-OH is 4. The normalized spacial score (nSPS) is 32.3. The van der Waals surface area contributed by atoms with Gasteiger partial charge in [0.05, 0.1) is 44.1 Å². The van der Waals surface area contributed by atoms with Crippen molar-refractivity contribution in [1.29, 1.82) is 0 Å². The summed E-state index contributed by atoms with van der Waals surface area (Å²) in [5.41, 5.74) is 7.33. The minimum Gasteiger partial charge on any atom is -0.507 e. The molecule has 0 radical (unpaired) electrons. The summed E-state index contributed by atoms with van der Waals surface area (Å²) in [6.07, 6.45) is 15.2. The number of allylic oxidation sites excluding steroid dienone is 5. The number of aromatic carboxylic acids is 1. The van der Waals surface area contributed by atoms with Crippen molar-refractivity contribution in [2.45, 2.75) is 183 Å². The van der Waals surface area contributed by atoms with Gasteiger partial charge in [0.2, 0.25) is 0 Å². The van der Waals surface area contributed by atoms with Crippen LogP contribution in [0, 0.1) is 75.4 Å². The maximum absolute atomic E-state index is 13.0. The number of carbonyl (C=O) groups is 7. The van der Waals surface area contributed by atoms with E-state index >= 15 is 0 Å². The van der Waals surface area contributed by atoms with Gasteiger partial charge in [-0.15, -0.1) is 0 Å². The van der Waals surface area contributed by atoms with E-state index < -0.39 is 53.4 Å². The molecule has 4 saturated carbocycles. The van der Waals surface area contributed by atoms with Crippen LogP contribution in [-0.4, -0.2) is 126 Å². The first-order valence-electron chi connectivity index (χ1n) is 29.3. The zero-order chi connectivity index (χ0) is 63.1. The zero-order valence-electron chi connectivity index (χ0n) is 51.0. The van der Waals surface area contributed by atoms with Gasteiger partial charge in [-0.25, -0.2) is 14.4 Å². The van der Waals surface area contributed by atoms with Gasteiger partial charge in [0, 0.05) is 36.7 Å². The summed E-state index contributed by atoms with van der Waals surface area (Å²) in [7, 11) is 1.39. The van der Waals surface area contributed by atoms with Gasteiger partial charge in [-0.05, 0) is 165 Å². The van der Waals surface area contributed by atoms with Gasteiger partial charge in [-0.2, -0.15) is 0 Å². The van der Waals surface area contributed by atoms with Crippen molar-refractivity contribution in [2.24, 2.45) is 86.9 Å². The fraction of sp³-hybridized carbons (Fsp3) is 0.672. The summed E-state index contributed by atoms with van der Waals surface area (Å²) in [5.74, 6) is -1.09. The number of benzene rings is 1. The summed E-state index contributed by atoms with van der Waals surface area (Å²) >= 11 is 0. The Balaban J connectivity index is 0.000000311. The summed E-state index contributed by atoms with van der Waals surface area (Å²) in [6, 6.07) is 4.98. The Morgan fingerprint density at radius 2 is 1.49 bits per heavy atom. The molecule has 16 atom stereocenters. The molecule has 19 nitrogen and oxygen atoms in total. The molecule has 466 valence electrons. The molecule has 7 rings (SSSR count). The Morgan fingerprint density at radius 3 is 2.04 bits per heavy atom. The second-order valence-corrected chi connectivity index (χ2v) is 25.5. The topological polar surface area (TPSA) is 352 Å². The number of phenols is 1. The Morgan fingerprint density at radius 1 is 0.880 bits per heavy atom. The maximum atomic E-state index is 13.0. The Bertz CT molecular complexity index is 2530. The number of carbonyl (C=O) groups excluding carboxylic acids is 5. The molecule has 5 fully saturated rings. The number of primary amides is 2. The van der Waals surface area contributed by atoms with Gasteiger partial charge in [0.1, 0.15) is 22.7 Å². The first kappa shape index (κ1) is 71.5. The van der Waals surface area contributed by atoms with E-state index in [4.69, 9.17) is 24.9 Å². The Labute approximate surface area is 490 Å². The lowest BCUT2D eigenvalue weighted by atomic mass is 9.48. The highest BCUT2D eigenvalue weighted by Gasteiger charge is 2.63. The molecule has 19 heteroatoms. The van der Waals surface area contributed by atoms with Crippen LogP contribution < -0.4 is 11.5 Å². The molecule has 0 bridgehead atoms. The highest BCUT2D eigenvalue weighted by molar-refractivity contribution is 5.93. The van der Waals surface area contributed by atoms with E-state index in [0.29, 0.717) is 60.6 Å². The Kier molecular flexibility index (Phi) is 26.6. The number of nitrogens with two attached hydrogens (primary N) is 2. The lowest BCUT2D eigenvalue weighted by Gasteiger charge is -2.56. The van der Waals surface area contributed by atoms with Crippen LogP contribution in [0.5, 0.6) is 5.75 Å². The van der Waals surface area contributed by atoms with Gasteiger partial charge in [-0.3, -0.25) is 19.2 Å². The molecular formula is C64H98N2O17. The number of hydrogen-bond acceptors (Lipinski definition) is 15. The predicted molar refractivity (Wildman–Crippen MR) is 313 cm³/mol. The number of ether oxygens (including phenoxy) is 2. The summed E-state index contributed by atoms with van der Waals surface area (Å²) in [6.45, 7) is 22.3. The average Bonchev–Trinajstić information content (AvgIpc) is 3.91. The van der Waals surface area contributed by atoms with Crippen LogP contribution in [0.2, 0.25) is 0 Å². The molecule has 12 N–H and O–H groups in total. The number of rotatable bonds is 14. The second-order valence-electron chi connectivity index (χ2n) is 25.5. The van der Waals surface area contributed by atoms with E-state index in [1.165, 1.54) is 25.3 Å². The first-order chi connectivity index (χ1) is 38.5. The number of aliphatic hydroxyl groups is 5. The third-order valence-corrected chi connectivity index (χ3v) is 19.4. The number of carboxylic acids is 2. The number of Topliss-reactive ketones (excluding diaryl/α,β-unsaturated/α-hetero) is 1. The van der Waals surface area contributed by atoms with Gasteiger partial charge in [0.15, 0.2) is 5.78 Å². The zero-order valence-corrected chi connectivity index (χ0v) is 51.0. The predicted octanol–water partition coefficient (Wildman–Crippen LogP) is 8.26. The van der Waals surface area contributed by atoms with Crippen LogP contribution in [0.25, 0.3) is 0 Å². The van der Waals surface area contributed by atoms with E-state index in [-0.39, 0.29) is 94.1 Å². The fourth-order valence-electron chi connectivity index (χ4n) is 14.2. The maximum Gasteiger partial charge on any atom is 0.339 e. The lowest BCUT2D eigenvalue weighted by Crippen LogP contribution is -2.55. The highest BCUT2D eigenvalue weighted by atomic mass is 16.5. The molecule has 5 aliphatic carbocycles. The van der Waals surface area contributed by atoms with Crippen molar-refractivity contribution in [1.82, 2.24) is 0 Å². The van der Waals surface area contributed by atoms with Gasteiger partial charge in [0.25, 0.3) is 0 Å². The van der Waals surface area contributed by atoms with Crippen LogP contribution in [0.3, 0.4) is 0 Å². The number of amides is 2. The SMILES string of the molecule is CC(C)[C@H](C)[C@@H](O)[C@H](O)[C@@H](C)C1CC[C@H]2[C@@H]3COC(=O)[C@H]4C[C@H](O)[C@H](O)C[C@]4(C)[C@H]3CC[C@]12C.CC/C=C\C[C@H]1C(=O)CC[C@@H]1CC(=O)OC.CC1=CC(=O)CC(C)(C)[C@@]1(O)/C=C/C(C)=C\C(=O)O.NC(N)=O.O=C(O)c1ccccc1O. The van der Waals surface area contributed by atoms with Crippen molar-refractivity contribution in [3.63, 3.8) is 0 Å². The molecule has 2 amide bonds. The number of methoxy groups -OCH3 is 1. The standard InChI is InChI=1S/C28H48O6.C15H20O4.C13H20O3.C7H6O3.CH4N2O/c1-14(2)15(3)24(31)25(32)16(4)18-7-8-19-17-13-34-26(33)21-11-22(29)23(30)12-28(21,6)20(17)9-10-27(18,19)5;1-10(7-13(17)18)5-6-15(19)11(2)8-12(16)9-14(15,3)4;1-3-4-5-6-11-10(7-8-12(11)14)9-13(15)16-2;8-6-4-2-1-3-5(6)7(9)10;2-1(3)4/h14-25,29-32H,7-13H2,1-6H3;5-8,19H,9H2,1-4H3,(H,17,18);4-5,10-11H,3,6-9H2,1-2H3;1-4,8H,(H,9,10);(H4,2,3,4)/b;6-5+,10-7-;5-4-;;/t15-,16-,17-,18?,19-,20-,21+,22-,23+,24+,25+,27+,28+;15-;10-,11-;;/m011../s1. The molecule has 1 aliphatic heterocycles. The smallest absolute Gasteiger partial charge is 0.339 e. The highest BCUT2D eigenvalue weighted by Crippen LogP contribution is 2.66. The Hall–Kier alpha value is -5.73. The van der Waals surface area contributed by atoms with Gasteiger partial charge >= 0.3 is 29.9 Å². The monoisotopic (exact) mass is 1170 g/mol. The molecule has 0 spiro atoms. The van der Waals surface area contributed by atoms with E-state index in [2.05, 4.69) is 69.9 Å². The van der Waals surface area contributed by atoms with E-state index in [0.717, 1.165) is 51.0 Å². The second kappa shape index (κ2) is 30.9. The molecule has 1 saturated heterocycles. The molecule has 83 heavy (non-hydrogen) atoms. The molecule has 1 aromatic carbocycles. The van der Waals surface area contributed by atoms with Crippen molar-refractivity contribution < 1.29 is 83.9 Å². The number of para-hydroxylation sites is 1. The minimum absolute atomic E-state index is 0.00150. The van der Waals surface area contributed by atoms with E-state index in [1.807, 2.05) is 20.8 Å². The van der Waals surface area contributed by atoms with Crippen LogP contribution in [0.15, 0.2) is 71.9 Å². The van der Waals surface area contributed by atoms with E-state index in [9.17, 15) is 54.3 Å². The number of carboxylic acid groups (broad SMARTS) is 2. The van der Waals surface area contributed by atoms with Crippen LogP contribution in [-0.2, 0) is 33.4 Å². The molecule has 1 aromatic rings. The summed E-state index contributed by atoms with van der Waals surface area (Å²) in [4.78, 5) is 77.2. The molecule has 0 aromatic heterocycles. The number of ketones is 2. The summed E-state index contributed by atoms with van der Waals surface area (Å²) in [5, 5.41) is 79.6. The van der Waals surface area contributed by atoms with Crippen molar-refractivity contribution in [2.75, 3.05) is 13.7 Å². The lowest BCUT2D eigenvalue weighted by molar-refractivity contribution is -0.162. The number of cyclic esters (lactones) is 1. The number of esters is 2. The largest absolute Gasteiger partial charge is 0.507 e. The molecule has 6 aliphatic rings. The summed E-state index contributed by atoms with van der Waals surface area (Å²) < 4.78 is 10.5. The molecular weight excluding hydrogens is 1070 g/mol. The quantitative estimate of drug-likeness (QED) is 0.0362. The third-order valence-electron chi connectivity index (χ3n) is 19.4. The van der Waals surface area contributed by atoms with Crippen molar-refractivity contribution in [3.05, 3.63) is 77.4 Å². The minimum atomic E-state index is -1.24.